The van der Waals surface area contributed by atoms with E-state index in [1.54, 1.807) is 48.5 Å². The van der Waals surface area contributed by atoms with Crippen molar-refractivity contribution in [3.63, 3.8) is 0 Å². The lowest BCUT2D eigenvalue weighted by molar-refractivity contribution is 0.368. The van der Waals surface area contributed by atoms with Gasteiger partial charge in [-0.15, -0.1) is 0 Å². The van der Waals surface area contributed by atoms with Crippen LogP contribution in [0.25, 0.3) is 0 Å². The molecular weight excluding hydrogens is 347 g/mol. The van der Waals surface area contributed by atoms with E-state index in [9.17, 15) is 4.39 Å². The largest absolute Gasteiger partial charge is 0.479 e. The van der Waals surface area contributed by atoms with Gasteiger partial charge < -0.3 is 15.4 Å². The molecule has 2 aromatic carbocycles. The Morgan fingerprint density at radius 1 is 0.963 bits per heavy atom. The van der Waals surface area contributed by atoms with E-state index in [1.807, 2.05) is 12.1 Å². The molecule has 0 saturated heterocycles. The second kappa shape index (κ2) is 8.28. The van der Waals surface area contributed by atoms with Gasteiger partial charge in [-0.2, -0.15) is 15.5 Å². The molecule has 2 N–H and O–H groups in total. The molecule has 1 aromatic heterocycles. The van der Waals surface area contributed by atoms with Crippen LogP contribution in [0.1, 0.15) is 5.56 Å². The van der Waals surface area contributed by atoms with Crippen molar-refractivity contribution in [3.8, 4) is 17.9 Å². The maximum atomic E-state index is 14.0. The number of aromatic nitrogens is 2. The molecule has 0 bridgehead atoms. The maximum Gasteiger partial charge on any atom is 0.229 e. The molecule has 0 atom stereocenters. The average Bonchev–Trinajstić information content (AvgIpc) is 2.70. The van der Waals surface area contributed by atoms with Crippen molar-refractivity contribution in [2.45, 2.75) is 0 Å². The van der Waals surface area contributed by atoms with Gasteiger partial charge in [0.05, 0.1) is 17.8 Å². The summed E-state index contributed by atoms with van der Waals surface area (Å²) in [6.07, 6.45) is 1.06. The van der Waals surface area contributed by atoms with Crippen LogP contribution in [-0.4, -0.2) is 16.6 Å². The molecular formula is C19H13FN6O. The van der Waals surface area contributed by atoms with Gasteiger partial charge in [-0.1, -0.05) is 0 Å². The number of rotatable bonds is 6. The van der Waals surface area contributed by atoms with Crippen molar-refractivity contribution >= 4 is 23.1 Å². The molecule has 27 heavy (non-hydrogen) atoms. The number of nitrogens with one attached hydrogen (secondary N) is 2. The summed E-state index contributed by atoms with van der Waals surface area (Å²) in [5, 5.41) is 23.1. The summed E-state index contributed by atoms with van der Waals surface area (Å²) in [6, 6.07) is 17.3. The average molecular weight is 360 g/mol. The Bertz CT molecular complexity index is 1010. The van der Waals surface area contributed by atoms with Crippen LogP contribution in [0, 0.1) is 28.5 Å². The third-order valence-corrected chi connectivity index (χ3v) is 3.43. The lowest BCUT2D eigenvalue weighted by Gasteiger charge is -2.10. The second-order valence-corrected chi connectivity index (χ2v) is 5.30. The van der Waals surface area contributed by atoms with E-state index in [-0.39, 0.29) is 18.4 Å². The highest BCUT2D eigenvalue weighted by atomic mass is 19.1. The Morgan fingerprint density at radius 3 is 2.30 bits per heavy atom. The first-order valence-corrected chi connectivity index (χ1v) is 7.84. The lowest BCUT2D eigenvalue weighted by Crippen LogP contribution is -2.03. The topological polar surface area (TPSA) is 107 Å². The molecule has 7 nitrogen and oxygen atoms in total. The Morgan fingerprint density at radius 2 is 1.63 bits per heavy atom. The van der Waals surface area contributed by atoms with Crippen LogP contribution in [-0.2, 0) is 0 Å². The molecule has 3 rings (SSSR count). The summed E-state index contributed by atoms with van der Waals surface area (Å²) in [5.74, 6) is 0.142. The van der Waals surface area contributed by atoms with Gasteiger partial charge in [0.25, 0.3) is 0 Å². The zero-order chi connectivity index (χ0) is 19.1. The quantitative estimate of drug-likeness (QED) is 0.687. The van der Waals surface area contributed by atoms with Gasteiger partial charge in [0.2, 0.25) is 5.95 Å². The van der Waals surface area contributed by atoms with Crippen molar-refractivity contribution in [1.82, 2.24) is 9.97 Å². The van der Waals surface area contributed by atoms with Gasteiger partial charge in [-0.25, -0.2) is 9.37 Å². The first-order valence-electron chi connectivity index (χ1n) is 7.84. The van der Waals surface area contributed by atoms with Crippen molar-refractivity contribution < 1.29 is 9.13 Å². The van der Waals surface area contributed by atoms with E-state index in [0.717, 1.165) is 6.20 Å². The fraction of sp³-hybridized carbons (Fsp3) is 0.0526. The monoisotopic (exact) mass is 360 g/mol. The minimum atomic E-state index is -0.606. The number of hydrogen-bond acceptors (Lipinski definition) is 7. The van der Waals surface area contributed by atoms with Crippen molar-refractivity contribution in [3.05, 3.63) is 66.1 Å². The van der Waals surface area contributed by atoms with E-state index in [0.29, 0.717) is 22.7 Å². The Kier molecular flexibility index (Phi) is 5.41. The third kappa shape index (κ3) is 4.68. The molecule has 1 heterocycles. The first kappa shape index (κ1) is 17.6. The summed E-state index contributed by atoms with van der Waals surface area (Å²) >= 11 is 0. The predicted molar refractivity (Wildman–Crippen MR) is 97.3 cm³/mol. The number of nitrogens with zero attached hydrogens (tertiary/aromatic N) is 4. The molecule has 0 aliphatic heterocycles. The zero-order valence-corrected chi connectivity index (χ0v) is 14.0. The highest BCUT2D eigenvalue weighted by Gasteiger charge is 2.08. The van der Waals surface area contributed by atoms with E-state index in [1.165, 1.54) is 0 Å². The molecule has 0 saturated carbocycles. The number of ether oxygens (including phenoxy) is 1. The van der Waals surface area contributed by atoms with Crippen LogP contribution in [0.15, 0.2) is 54.7 Å². The van der Waals surface area contributed by atoms with E-state index in [4.69, 9.17) is 15.3 Å². The molecule has 8 heteroatoms. The normalized spacial score (nSPS) is 9.74. The number of halogens is 1. The van der Waals surface area contributed by atoms with Crippen LogP contribution < -0.4 is 15.4 Å². The lowest BCUT2D eigenvalue weighted by atomic mass is 10.2. The maximum absolute atomic E-state index is 14.0. The summed E-state index contributed by atoms with van der Waals surface area (Å²) in [5.41, 5.74) is 1.80. The van der Waals surface area contributed by atoms with Crippen molar-refractivity contribution in [2.75, 3.05) is 17.2 Å². The minimum absolute atomic E-state index is 0.00633. The molecule has 0 radical (unpaired) electrons. The van der Waals surface area contributed by atoms with Gasteiger partial charge in [0, 0.05) is 11.4 Å². The molecule has 132 valence electrons. The Balaban J connectivity index is 1.73. The van der Waals surface area contributed by atoms with Gasteiger partial charge in [-0.05, 0) is 48.5 Å². The fourth-order valence-electron chi connectivity index (χ4n) is 2.16. The zero-order valence-electron chi connectivity index (χ0n) is 14.0. The van der Waals surface area contributed by atoms with Crippen molar-refractivity contribution in [1.29, 1.82) is 10.5 Å². The molecule has 0 aliphatic rings. The van der Waals surface area contributed by atoms with Gasteiger partial charge in [0.1, 0.15) is 11.8 Å². The number of anilines is 4. The van der Waals surface area contributed by atoms with Gasteiger partial charge >= 0.3 is 0 Å². The van der Waals surface area contributed by atoms with Gasteiger partial charge in [-0.3, -0.25) is 0 Å². The smallest absolute Gasteiger partial charge is 0.229 e. The first-order chi connectivity index (χ1) is 13.2. The molecule has 0 unspecified atom stereocenters. The fourth-order valence-corrected chi connectivity index (χ4v) is 2.16. The van der Waals surface area contributed by atoms with E-state index in [2.05, 4.69) is 20.6 Å². The Hall–Kier alpha value is -4.17. The van der Waals surface area contributed by atoms with Crippen LogP contribution in [0.5, 0.6) is 5.75 Å². The molecule has 0 amide bonds. The summed E-state index contributed by atoms with van der Waals surface area (Å²) in [7, 11) is 0. The van der Waals surface area contributed by atoms with Gasteiger partial charge in [0.15, 0.2) is 18.2 Å². The second-order valence-electron chi connectivity index (χ2n) is 5.30. The van der Waals surface area contributed by atoms with E-state index < -0.39 is 5.82 Å². The molecule has 3 aromatic rings. The standard InChI is InChI=1S/C19H13FN6O/c20-17-12-23-19(25-15-3-1-13(11-22)2-4-15)26-18(17)24-14-5-7-16(8-6-14)27-10-9-21/h1-8,12H,10H2,(H2,23,24,25,26). The molecule has 0 fully saturated rings. The SMILES string of the molecule is N#CCOc1ccc(Nc2nc(Nc3ccc(C#N)cc3)ncc2F)cc1. The third-order valence-electron chi connectivity index (χ3n) is 3.43. The van der Waals surface area contributed by atoms with Crippen LogP contribution in [0.2, 0.25) is 0 Å². The summed E-state index contributed by atoms with van der Waals surface area (Å²) in [6.45, 7) is -0.0440. The van der Waals surface area contributed by atoms with Crippen molar-refractivity contribution in [2.24, 2.45) is 0 Å². The predicted octanol–water partition coefficient (Wildman–Crippen LogP) is 3.88. The van der Waals surface area contributed by atoms with Crippen LogP contribution >= 0.6 is 0 Å². The number of nitriles is 2. The van der Waals surface area contributed by atoms with Crippen LogP contribution in [0.4, 0.5) is 27.5 Å². The highest BCUT2D eigenvalue weighted by molar-refractivity contribution is 5.60. The Labute approximate surface area is 154 Å². The highest BCUT2D eigenvalue weighted by Crippen LogP contribution is 2.22. The summed E-state index contributed by atoms with van der Waals surface area (Å²) < 4.78 is 19.2. The van der Waals surface area contributed by atoms with Crippen LogP contribution in [0.3, 0.4) is 0 Å². The molecule has 0 spiro atoms. The minimum Gasteiger partial charge on any atom is -0.479 e. The molecule has 0 aliphatic carbocycles. The van der Waals surface area contributed by atoms with E-state index >= 15 is 0 Å². The number of hydrogen-bond donors (Lipinski definition) is 2. The number of benzene rings is 2. The summed E-state index contributed by atoms with van der Waals surface area (Å²) in [4.78, 5) is 8.04.